The Balaban J connectivity index is 1.98. The molecule has 3 rings (SSSR count). The first-order valence-electron chi connectivity index (χ1n) is 6.60. The second-order valence-electron chi connectivity index (χ2n) is 5.25. The highest BCUT2D eigenvalue weighted by molar-refractivity contribution is 5.98. The highest BCUT2D eigenvalue weighted by atomic mass is 16.2. The van der Waals surface area contributed by atoms with Gasteiger partial charge in [-0.1, -0.05) is 30.3 Å². The molecular formula is C14H16N6O. The fourth-order valence-electron chi connectivity index (χ4n) is 2.26. The molecule has 1 aromatic carbocycles. The summed E-state index contributed by atoms with van der Waals surface area (Å²) in [7, 11) is 1.61. The maximum atomic E-state index is 12.0. The zero-order valence-corrected chi connectivity index (χ0v) is 11.9. The van der Waals surface area contributed by atoms with Crippen molar-refractivity contribution < 1.29 is 4.79 Å². The molecule has 0 saturated carbocycles. The topological polar surface area (TPSA) is 100 Å². The molecule has 2 aromatic rings. The zero-order chi connectivity index (χ0) is 15.0. The summed E-state index contributed by atoms with van der Waals surface area (Å²) >= 11 is 0. The minimum absolute atomic E-state index is 0.0948. The van der Waals surface area contributed by atoms with Crippen molar-refractivity contribution in [2.75, 3.05) is 7.05 Å². The normalized spacial score (nSPS) is 22.3. The molecule has 0 bridgehead atoms. The van der Waals surface area contributed by atoms with Gasteiger partial charge in [0.05, 0.1) is 6.42 Å². The van der Waals surface area contributed by atoms with E-state index in [9.17, 15) is 4.79 Å². The summed E-state index contributed by atoms with van der Waals surface area (Å²) < 4.78 is 0. The molecule has 1 atom stereocenters. The lowest BCUT2D eigenvalue weighted by atomic mass is 9.95. The van der Waals surface area contributed by atoms with Crippen molar-refractivity contribution in [2.45, 2.75) is 18.9 Å². The number of amides is 1. The Morgan fingerprint density at radius 3 is 2.71 bits per heavy atom. The van der Waals surface area contributed by atoms with Gasteiger partial charge in [0, 0.05) is 12.6 Å². The van der Waals surface area contributed by atoms with Crippen molar-refractivity contribution >= 4 is 11.9 Å². The van der Waals surface area contributed by atoms with Crippen LogP contribution in [-0.4, -0.2) is 39.0 Å². The molecule has 108 valence electrons. The number of hydrogen-bond donors (Lipinski definition) is 2. The highest BCUT2D eigenvalue weighted by Crippen LogP contribution is 2.31. The number of benzene rings is 1. The van der Waals surface area contributed by atoms with Crippen LogP contribution in [0.4, 0.5) is 0 Å². The van der Waals surface area contributed by atoms with E-state index in [1.165, 1.54) is 4.90 Å². The maximum Gasteiger partial charge on any atom is 0.231 e. The molecule has 21 heavy (non-hydrogen) atoms. The smallest absolute Gasteiger partial charge is 0.231 e. The lowest BCUT2D eigenvalue weighted by Crippen LogP contribution is -2.47. The molecule has 1 aromatic heterocycles. The molecule has 0 aliphatic carbocycles. The Hall–Kier alpha value is -2.70. The summed E-state index contributed by atoms with van der Waals surface area (Å²) in [4.78, 5) is 22.2. The van der Waals surface area contributed by atoms with E-state index in [0.29, 0.717) is 11.6 Å². The number of rotatable bonds is 2. The lowest BCUT2D eigenvalue weighted by molar-refractivity contribution is -0.128. The summed E-state index contributed by atoms with van der Waals surface area (Å²) in [6, 6.07) is 9.61. The number of nitrogens with zero attached hydrogens (tertiary/aromatic N) is 4. The Kier molecular flexibility index (Phi) is 2.97. The summed E-state index contributed by atoms with van der Waals surface area (Å²) in [5, 5.41) is 7.08. The summed E-state index contributed by atoms with van der Waals surface area (Å²) in [6.07, 6.45) is 0.202. The largest absolute Gasteiger partial charge is 0.369 e. The van der Waals surface area contributed by atoms with Gasteiger partial charge in [0.15, 0.2) is 17.6 Å². The number of guanidine groups is 1. The number of hydrogen-bond acceptors (Lipinski definition) is 5. The van der Waals surface area contributed by atoms with Crippen molar-refractivity contribution in [3.8, 4) is 11.4 Å². The average Bonchev–Trinajstić information content (AvgIpc) is 2.96. The van der Waals surface area contributed by atoms with E-state index in [-0.39, 0.29) is 18.3 Å². The van der Waals surface area contributed by atoms with E-state index in [0.717, 1.165) is 5.56 Å². The molecule has 1 aliphatic rings. The molecule has 3 N–H and O–H groups in total. The number of carbonyl (C=O) groups is 1. The van der Waals surface area contributed by atoms with Crippen LogP contribution < -0.4 is 5.73 Å². The SMILES string of the molecule is CN1C(=O)C[C@@](C)(c2nc(-c3ccccc3)n[nH]2)N=C1N. The van der Waals surface area contributed by atoms with Crippen LogP contribution in [0.1, 0.15) is 19.2 Å². The van der Waals surface area contributed by atoms with Crippen LogP contribution in [0.15, 0.2) is 35.3 Å². The predicted molar refractivity (Wildman–Crippen MR) is 78.2 cm³/mol. The molecule has 2 heterocycles. The van der Waals surface area contributed by atoms with Gasteiger partial charge in [0.2, 0.25) is 5.91 Å². The second kappa shape index (κ2) is 4.69. The van der Waals surface area contributed by atoms with Gasteiger partial charge in [-0.05, 0) is 6.92 Å². The molecule has 0 fully saturated rings. The van der Waals surface area contributed by atoms with Crippen LogP contribution >= 0.6 is 0 Å². The van der Waals surface area contributed by atoms with Crippen molar-refractivity contribution in [3.63, 3.8) is 0 Å². The van der Waals surface area contributed by atoms with Crippen molar-refractivity contribution in [3.05, 3.63) is 36.2 Å². The molecule has 0 radical (unpaired) electrons. The Morgan fingerprint density at radius 1 is 1.33 bits per heavy atom. The first-order chi connectivity index (χ1) is 9.99. The molecule has 0 saturated heterocycles. The Morgan fingerprint density at radius 2 is 2.05 bits per heavy atom. The lowest BCUT2D eigenvalue weighted by Gasteiger charge is -2.31. The summed E-state index contributed by atoms with van der Waals surface area (Å²) in [5.41, 5.74) is 5.88. The third kappa shape index (κ3) is 2.26. The van der Waals surface area contributed by atoms with E-state index >= 15 is 0 Å². The van der Waals surface area contributed by atoms with Crippen LogP contribution in [0, 0.1) is 0 Å². The van der Waals surface area contributed by atoms with E-state index in [1.54, 1.807) is 7.05 Å². The molecule has 7 nitrogen and oxygen atoms in total. The minimum Gasteiger partial charge on any atom is -0.369 e. The molecular weight excluding hydrogens is 268 g/mol. The van der Waals surface area contributed by atoms with E-state index in [4.69, 9.17) is 5.73 Å². The number of aliphatic imine (C=N–C) groups is 1. The van der Waals surface area contributed by atoms with Crippen LogP contribution in [-0.2, 0) is 10.3 Å². The standard InChI is InChI=1S/C14H16N6O/c1-14(8-10(21)20(2)13(15)17-14)12-16-11(18-19-12)9-6-4-3-5-7-9/h3-7H,8H2,1-2H3,(H2,15,17)(H,16,18,19)/t14-/m0/s1. The van der Waals surface area contributed by atoms with Crippen molar-refractivity contribution in [2.24, 2.45) is 10.7 Å². The van der Waals surface area contributed by atoms with Gasteiger partial charge in [-0.2, -0.15) is 5.10 Å². The van der Waals surface area contributed by atoms with Gasteiger partial charge < -0.3 is 5.73 Å². The van der Waals surface area contributed by atoms with Gasteiger partial charge >= 0.3 is 0 Å². The number of nitrogens with one attached hydrogen (secondary N) is 1. The van der Waals surface area contributed by atoms with Crippen molar-refractivity contribution in [1.82, 2.24) is 20.1 Å². The number of aromatic amines is 1. The first-order valence-corrected chi connectivity index (χ1v) is 6.60. The monoisotopic (exact) mass is 284 g/mol. The maximum absolute atomic E-state index is 12.0. The molecule has 0 unspecified atom stereocenters. The Bertz CT molecular complexity index is 707. The summed E-state index contributed by atoms with van der Waals surface area (Å²) in [6.45, 7) is 1.82. The Labute approximate surface area is 121 Å². The van der Waals surface area contributed by atoms with Gasteiger partial charge in [0.1, 0.15) is 5.54 Å². The fourth-order valence-corrected chi connectivity index (χ4v) is 2.26. The quantitative estimate of drug-likeness (QED) is 0.854. The average molecular weight is 284 g/mol. The van der Waals surface area contributed by atoms with Crippen LogP contribution in [0.2, 0.25) is 0 Å². The van der Waals surface area contributed by atoms with Gasteiger partial charge in [-0.25, -0.2) is 9.98 Å². The predicted octanol–water partition coefficient (Wildman–Crippen LogP) is 0.864. The number of H-pyrrole nitrogens is 1. The van der Waals surface area contributed by atoms with Gasteiger partial charge in [-0.15, -0.1) is 0 Å². The van der Waals surface area contributed by atoms with E-state index in [1.807, 2.05) is 37.3 Å². The van der Waals surface area contributed by atoms with Crippen LogP contribution in [0.5, 0.6) is 0 Å². The second-order valence-corrected chi connectivity index (χ2v) is 5.25. The van der Waals surface area contributed by atoms with E-state index in [2.05, 4.69) is 20.2 Å². The molecule has 7 heteroatoms. The fraction of sp³-hybridized carbons (Fsp3) is 0.286. The molecule has 1 amide bonds. The first kappa shape index (κ1) is 13.3. The van der Waals surface area contributed by atoms with Crippen LogP contribution in [0.25, 0.3) is 11.4 Å². The molecule has 1 aliphatic heterocycles. The minimum atomic E-state index is -0.812. The summed E-state index contributed by atoms with van der Waals surface area (Å²) in [5.74, 6) is 1.20. The number of aromatic nitrogens is 3. The zero-order valence-electron chi connectivity index (χ0n) is 11.9. The third-order valence-electron chi connectivity index (χ3n) is 3.60. The third-order valence-corrected chi connectivity index (χ3v) is 3.60. The number of nitrogens with two attached hydrogens (primary N) is 1. The van der Waals surface area contributed by atoms with Gasteiger partial charge in [-0.3, -0.25) is 14.8 Å². The van der Waals surface area contributed by atoms with Crippen LogP contribution in [0.3, 0.4) is 0 Å². The van der Waals surface area contributed by atoms with E-state index < -0.39 is 5.54 Å². The molecule has 0 spiro atoms. The van der Waals surface area contributed by atoms with Gasteiger partial charge in [0.25, 0.3) is 0 Å². The van der Waals surface area contributed by atoms with Crippen molar-refractivity contribution in [1.29, 1.82) is 0 Å². The number of carbonyl (C=O) groups excluding carboxylic acids is 1. The highest BCUT2D eigenvalue weighted by Gasteiger charge is 2.38.